The number of nitrogens with zero attached hydrogens (tertiary/aromatic N) is 4. The molecule has 0 aliphatic carbocycles. The maximum absolute atomic E-state index is 12.6. The van der Waals surface area contributed by atoms with Gasteiger partial charge in [0.05, 0.1) is 5.88 Å². The van der Waals surface area contributed by atoms with E-state index in [2.05, 4.69) is 9.97 Å². The number of rotatable bonds is 5. The van der Waals surface area contributed by atoms with Crippen molar-refractivity contribution in [1.82, 2.24) is 19.4 Å². The number of aromatic nitrogens is 3. The third-order valence-corrected chi connectivity index (χ3v) is 3.93. The summed E-state index contributed by atoms with van der Waals surface area (Å²) in [6, 6.07) is 3.46. The molecular formula is C15H21ClN4O. The average molecular weight is 309 g/mol. The number of hydrogen-bond acceptors (Lipinski definition) is 3. The molecule has 114 valence electrons. The number of fused-ring (bicyclic) bond motifs is 1. The molecule has 0 fully saturated rings. The van der Waals surface area contributed by atoms with Gasteiger partial charge in [-0.25, -0.2) is 9.97 Å². The minimum atomic E-state index is -0.363. The minimum Gasteiger partial charge on any atom is -0.341 e. The molecule has 0 bridgehead atoms. The highest BCUT2D eigenvalue weighted by atomic mass is 35.5. The number of aryl methyl sites for hydroxylation is 1. The Morgan fingerprint density at radius 3 is 2.57 bits per heavy atom. The number of pyridine rings is 1. The highest BCUT2D eigenvalue weighted by molar-refractivity contribution is 6.16. The summed E-state index contributed by atoms with van der Waals surface area (Å²) in [7, 11) is 0. The van der Waals surface area contributed by atoms with Gasteiger partial charge in [0.25, 0.3) is 0 Å². The Hall–Kier alpha value is -1.62. The first-order valence-electron chi connectivity index (χ1n) is 7.22. The Labute approximate surface area is 129 Å². The molecule has 2 rings (SSSR count). The molecule has 2 aromatic heterocycles. The van der Waals surface area contributed by atoms with Crippen LogP contribution in [0.2, 0.25) is 0 Å². The van der Waals surface area contributed by atoms with E-state index in [0.717, 1.165) is 16.9 Å². The molecule has 5 nitrogen and oxygen atoms in total. The van der Waals surface area contributed by atoms with E-state index in [-0.39, 0.29) is 17.8 Å². The van der Waals surface area contributed by atoms with Gasteiger partial charge < -0.3 is 4.90 Å². The Morgan fingerprint density at radius 1 is 1.33 bits per heavy atom. The van der Waals surface area contributed by atoms with Gasteiger partial charge in [0, 0.05) is 18.8 Å². The largest absolute Gasteiger partial charge is 0.341 e. The molecule has 0 aliphatic rings. The summed E-state index contributed by atoms with van der Waals surface area (Å²) in [6.45, 7) is 9.13. The zero-order valence-electron chi connectivity index (χ0n) is 12.9. The van der Waals surface area contributed by atoms with Gasteiger partial charge >= 0.3 is 0 Å². The van der Waals surface area contributed by atoms with Crippen molar-refractivity contribution in [1.29, 1.82) is 0 Å². The molecular weight excluding hydrogens is 288 g/mol. The lowest BCUT2D eigenvalue weighted by molar-refractivity contribution is -0.133. The fraction of sp³-hybridized carbons (Fsp3) is 0.533. The summed E-state index contributed by atoms with van der Waals surface area (Å²) in [5, 5.41) is 0. The third-order valence-electron chi connectivity index (χ3n) is 3.69. The standard InChI is InChI=1S/C15H21ClN4O/c1-5-19(6-2)15(21)11(4)20-13(9-16)18-12-8-7-10(3)17-14(12)20/h7-8,11H,5-6,9H2,1-4H3. The van der Waals surface area contributed by atoms with Crippen LogP contribution in [0, 0.1) is 6.92 Å². The van der Waals surface area contributed by atoms with Crippen molar-refractivity contribution in [2.24, 2.45) is 0 Å². The number of alkyl halides is 1. The third kappa shape index (κ3) is 2.88. The number of amides is 1. The van der Waals surface area contributed by atoms with Gasteiger partial charge in [-0.15, -0.1) is 11.6 Å². The number of carbonyl (C=O) groups excluding carboxylic acids is 1. The van der Waals surface area contributed by atoms with Crippen molar-refractivity contribution < 1.29 is 4.79 Å². The lowest BCUT2D eigenvalue weighted by Crippen LogP contribution is -2.36. The average Bonchev–Trinajstić information content (AvgIpc) is 2.85. The molecule has 0 saturated heterocycles. The number of likely N-dealkylation sites (N-methyl/N-ethyl adjacent to an activating group) is 1. The van der Waals surface area contributed by atoms with Crippen LogP contribution >= 0.6 is 11.6 Å². The molecule has 0 saturated carbocycles. The molecule has 0 aliphatic heterocycles. The quantitative estimate of drug-likeness (QED) is 0.798. The second-order valence-electron chi connectivity index (χ2n) is 5.01. The molecule has 1 unspecified atom stereocenters. The number of halogens is 1. The maximum atomic E-state index is 12.6. The van der Waals surface area contributed by atoms with E-state index in [1.165, 1.54) is 0 Å². The van der Waals surface area contributed by atoms with Crippen LogP contribution < -0.4 is 0 Å². The fourth-order valence-electron chi connectivity index (χ4n) is 2.53. The molecule has 0 aromatic carbocycles. The predicted molar refractivity (Wildman–Crippen MR) is 84.5 cm³/mol. The molecule has 0 radical (unpaired) electrons. The Balaban J connectivity index is 2.53. The maximum Gasteiger partial charge on any atom is 0.245 e. The summed E-state index contributed by atoms with van der Waals surface area (Å²) in [4.78, 5) is 23.4. The summed E-state index contributed by atoms with van der Waals surface area (Å²) >= 11 is 6.00. The summed E-state index contributed by atoms with van der Waals surface area (Å²) in [6.07, 6.45) is 0. The van der Waals surface area contributed by atoms with Crippen LogP contribution in [-0.4, -0.2) is 38.4 Å². The van der Waals surface area contributed by atoms with Gasteiger partial charge in [0.2, 0.25) is 5.91 Å². The van der Waals surface area contributed by atoms with Crippen molar-refractivity contribution in [2.75, 3.05) is 13.1 Å². The highest BCUT2D eigenvalue weighted by Gasteiger charge is 2.24. The first-order valence-corrected chi connectivity index (χ1v) is 7.76. The van der Waals surface area contributed by atoms with Gasteiger partial charge in [0.1, 0.15) is 17.4 Å². The van der Waals surface area contributed by atoms with Gasteiger partial charge in [-0.05, 0) is 39.8 Å². The molecule has 6 heteroatoms. The van der Waals surface area contributed by atoms with E-state index >= 15 is 0 Å². The van der Waals surface area contributed by atoms with Gasteiger partial charge in [-0.1, -0.05) is 0 Å². The molecule has 21 heavy (non-hydrogen) atoms. The lowest BCUT2D eigenvalue weighted by Gasteiger charge is -2.24. The van der Waals surface area contributed by atoms with Crippen LogP contribution in [0.3, 0.4) is 0 Å². The van der Waals surface area contributed by atoms with Gasteiger partial charge in [0.15, 0.2) is 5.65 Å². The van der Waals surface area contributed by atoms with E-state index < -0.39 is 0 Å². The first-order chi connectivity index (χ1) is 10.0. The summed E-state index contributed by atoms with van der Waals surface area (Å²) in [5.74, 6) is 0.998. The SMILES string of the molecule is CCN(CC)C(=O)C(C)n1c(CCl)nc2ccc(C)nc21. The molecule has 2 heterocycles. The molecule has 0 N–H and O–H groups in total. The smallest absolute Gasteiger partial charge is 0.245 e. The molecule has 2 aromatic rings. The van der Waals surface area contributed by atoms with Crippen LogP contribution in [0.1, 0.15) is 38.3 Å². The molecule has 0 spiro atoms. The number of imidazole rings is 1. The number of hydrogen-bond donors (Lipinski definition) is 0. The topological polar surface area (TPSA) is 51.0 Å². The van der Waals surface area contributed by atoms with E-state index in [1.807, 2.05) is 49.3 Å². The highest BCUT2D eigenvalue weighted by Crippen LogP contribution is 2.22. The summed E-state index contributed by atoms with van der Waals surface area (Å²) < 4.78 is 1.86. The van der Waals surface area contributed by atoms with Crippen molar-refractivity contribution >= 4 is 28.7 Å². The van der Waals surface area contributed by atoms with Gasteiger partial charge in [-0.3, -0.25) is 9.36 Å². The Morgan fingerprint density at radius 2 is 2.00 bits per heavy atom. The molecule has 1 atom stereocenters. The van der Waals surface area contributed by atoms with Crippen LogP contribution in [-0.2, 0) is 10.7 Å². The lowest BCUT2D eigenvalue weighted by atomic mass is 10.2. The van der Waals surface area contributed by atoms with Crippen molar-refractivity contribution in [3.8, 4) is 0 Å². The van der Waals surface area contributed by atoms with Crippen molar-refractivity contribution in [3.63, 3.8) is 0 Å². The van der Waals surface area contributed by atoms with Crippen LogP contribution in [0.15, 0.2) is 12.1 Å². The zero-order chi connectivity index (χ0) is 15.6. The minimum absolute atomic E-state index is 0.0639. The Kier molecular flexibility index (Phi) is 4.83. The van der Waals surface area contributed by atoms with Crippen molar-refractivity contribution in [2.45, 2.75) is 39.6 Å². The first kappa shape index (κ1) is 15.8. The molecule has 1 amide bonds. The van der Waals surface area contributed by atoms with E-state index in [1.54, 1.807) is 0 Å². The van der Waals surface area contributed by atoms with Crippen molar-refractivity contribution in [3.05, 3.63) is 23.7 Å². The van der Waals surface area contributed by atoms with Crippen LogP contribution in [0.5, 0.6) is 0 Å². The van der Waals surface area contributed by atoms with Crippen LogP contribution in [0.25, 0.3) is 11.2 Å². The van der Waals surface area contributed by atoms with Gasteiger partial charge in [-0.2, -0.15) is 0 Å². The zero-order valence-corrected chi connectivity index (χ0v) is 13.7. The second kappa shape index (κ2) is 6.43. The second-order valence-corrected chi connectivity index (χ2v) is 5.28. The summed E-state index contributed by atoms with van der Waals surface area (Å²) in [5.41, 5.74) is 2.39. The Bertz CT molecular complexity index is 648. The normalized spacial score (nSPS) is 12.6. The van der Waals surface area contributed by atoms with E-state index in [0.29, 0.717) is 18.9 Å². The predicted octanol–water partition coefficient (Wildman–Crippen LogP) is 2.91. The number of carbonyl (C=O) groups is 1. The monoisotopic (exact) mass is 308 g/mol. The van der Waals surface area contributed by atoms with Crippen LogP contribution in [0.4, 0.5) is 0 Å². The van der Waals surface area contributed by atoms with E-state index in [4.69, 9.17) is 11.6 Å². The fourth-order valence-corrected chi connectivity index (χ4v) is 2.72. The van der Waals surface area contributed by atoms with E-state index in [9.17, 15) is 4.79 Å².